The first-order chi connectivity index (χ1) is 15.1. The molecule has 1 aliphatic rings. The maximum atomic E-state index is 12.7. The van der Waals surface area contributed by atoms with Gasteiger partial charge < -0.3 is 44.9 Å². The number of ether oxygens (including phenoxy) is 1. The molecule has 1 fully saturated rings. The predicted octanol–water partition coefficient (Wildman–Crippen LogP) is 0.00550. The molecule has 32 heavy (non-hydrogen) atoms. The second kappa shape index (κ2) is 7.80. The maximum Gasteiger partial charge on any atom is 0.197 e. The molecule has 11 nitrogen and oxygen atoms in total. The number of aromatic hydroxyl groups is 4. The summed E-state index contributed by atoms with van der Waals surface area (Å²) in [6.45, 7) is -0.783. The van der Waals surface area contributed by atoms with Gasteiger partial charge in [0.15, 0.2) is 28.3 Å². The summed E-state index contributed by atoms with van der Waals surface area (Å²) in [5.41, 5.74) is -1.41. The number of hydrogen-bond acceptors (Lipinski definition) is 11. The van der Waals surface area contributed by atoms with Crippen molar-refractivity contribution in [1.82, 2.24) is 0 Å². The highest BCUT2D eigenvalue weighted by atomic mass is 16.5. The smallest absolute Gasteiger partial charge is 0.197 e. The summed E-state index contributed by atoms with van der Waals surface area (Å²) in [6, 6.07) is 5.39. The van der Waals surface area contributed by atoms with Crippen molar-refractivity contribution < 1.29 is 49.7 Å². The lowest BCUT2D eigenvalue weighted by atomic mass is 9.91. The van der Waals surface area contributed by atoms with Crippen LogP contribution in [0.3, 0.4) is 0 Å². The number of phenols is 4. The summed E-state index contributed by atoms with van der Waals surface area (Å²) >= 11 is 0. The summed E-state index contributed by atoms with van der Waals surface area (Å²) < 4.78 is 11.1. The fourth-order valence-electron chi connectivity index (χ4n) is 3.63. The van der Waals surface area contributed by atoms with Crippen molar-refractivity contribution in [2.24, 2.45) is 0 Å². The summed E-state index contributed by atoms with van der Waals surface area (Å²) in [5.74, 6) is -3.47. The standard InChI is InChI=1S/C21H18O11/c22-6-14-17(28)18(29)19(30)21(32-14)16-11(26)4-10(25)15-12(27)5-13(31-20(15)16)7-1-2-8(23)9(24)3-7/h1-5,14,17,19,21-26,28,30H,6H2/t14-,17-,19-,21+/m1/s1. The first-order valence-corrected chi connectivity index (χ1v) is 9.35. The molecule has 1 aromatic heterocycles. The zero-order valence-electron chi connectivity index (χ0n) is 16.2. The summed E-state index contributed by atoms with van der Waals surface area (Å²) in [6.07, 6.45) is -6.89. The van der Waals surface area contributed by atoms with Crippen LogP contribution in [-0.4, -0.2) is 66.4 Å². The molecule has 0 unspecified atom stereocenters. The fourth-order valence-corrected chi connectivity index (χ4v) is 3.63. The number of carbonyl (C=O) groups excluding carboxylic acids is 1. The minimum atomic E-state index is -1.99. The van der Waals surface area contributed by atoms with Crippen LogP contribution < -0.4 is 5.43 Å². The normalized spacial score (nSPS) is 23.5. The Balaban J connectivity index is 1.98. The van der Waals surface area contributed by atoms with E-state index in [0.717, 1.165) is 24.3 Å². The third kappa shape index (κ3) is 3.33. The molecule has 3 aromatic rings. The molecule has 2 heterocycles. The average Bonchev–Trinajstić information content (AvgIpc) is 2.74. The Hall–Kier alpha value is -3.64. The monoisotopic (exact) mass is 446 g/mol. The molecule has 7 N–H and O–H groups in total. The summed E-state index contributed by atoms with van der Waals surface area (Å²) in [5, 5.41) is 69.2. The van der Waals surface area contributed by atoms with E-state index in [1.807, 2.05) is 0 Å². The van der Waals surface area contributed by atoms with E-state index in [-0.39, 0.29) is 22.3 Å². The van der Waals surface area contributed by atoms with Crippen molar-refractivity contribution in [3.8, 4) is 34.3 Å². The van der Waals surface area contributed by atoms with E-state index in [0.29, 0.717) is 0 Å². The Kier molecular flexibility index (Phi) is 5.26. The minimum absolute atomic E-state index is 0.139. The molecule has 1 aliphatic heterocycles. The molecular formula is C21H18O11. The van der Waals surface area contributed by atoms with Gasteiger partial charge in [-0.05, 0) is 18.2 Å². The van der Waals surface area contributed by atoms with Gasteiger partial charge >= 0.3 is 0 Å². The molecule has 2 aromatic carbocycles. The molecule has 4 rings (SSSR count). The fraction of sp³-hybridized carbons (Fsp3) is 0.238. The Morgan fingerprint density at radius 2 is 1.56 bits per heavy atom. The molecule has 4 atom stereocenters. The number of hydrogen-bond donors (Lipinski definition) is 7. The number of fused-ring (bicyclic) bond motifs is 1. The Labute approximate surface area is 178 Å². The molecule has 0 amide bonds. The van der Waals surface area contributed by atoms with E-state index in [2.05, 4.69) is 0 Å². The highest BCUT2D eigenvalue weighted by molar-refractivity contribution is 5.93. The van der Waals surface area contributed by atoms with Crippen LogP contribution in [-0.2, 0) is 9.53 Å². The molecule has 0 aliphatic carbocycles. The molecule has 0 spiro atoms. The molecule has 11 heteroatoms. The molecule has 0 radical (unpaired) electrons. The number of phenolic OH excluding ortho intramolecular Hbond substituents is 4. The van der Waals surface area contributed by atoms with Gasteiger partial charge in [0, 0.05) is 17.7 Å². The molecular weight excluding hydrogens is 428 g/mol. The van der Waals surface area contributed by atoms with E-state index in [9.17, 15) is 45.3 Å². The van der Waals surface area contributed by atoms with E-state index < -0.39 is 70.8 Å². The van der Waals surface area contributed by atoms with Crippen LogP contribution in [0.4, 0.5) is 0 Å². The van der Waals surface area contributed by atoms with Gasteiger partial charge in [0.05, 0.1) is 12.2 Å². The first kappa shape index (κ1) is 21.6. The lowest BCUT2D eigenvalue weighted by Crippen LogP contribution is -2.52. The van der Waals surface area contributed by atoms with Gasteiger partial charge in [0.2, 0.25) is 0 Å². The van der Waals surface area contributed by atoms with Crippen LogP contribution in [0.15, 0.2) is 39.5 Å². The van der Waals surface area contributed by atoms with Crippen molar-refractivity contribution in [1.29, 1.82) is 0 Å². The average molecular weight is 446 g/mol. The van der Waals surface area contributed by atoms with Gasteiger partial charge in [-0.15, -0.1) is 0 Å². The van der Waals surface area contributed by atoms with Gasteiger partial charge in [0.25, 0.3) is 0 Å². The third-order valence-electron chi connectivity index (χ3n) is 5.27. The van der Waals surface area contributed by atoms with E-state index >= 15 is 0 Å². The van der Waals surface area contributed by atoms with Crippen LogP contribution >= 0.6 is 0 Å². The topological polar surface area (TPSA) is 198 Å². The summed E-state index contributed by atoms with van der Waals surface area (Å²) in [4.78, 5) is 25.0. The van der Waals surface area contributed by atoms with Crippen LogP contribution in [0.25, 0.3) is 22.3 Å². The molecule has 0 bridgehead atoms. The number of benzene rings is 2. The first-order valence-electron chi connectivity index (χ1n) is 9.35. The number of Topliss-reactive ketones (excluding diaryl/α,β-unsaturated/α-hetero) is 1. The molecule has 0 saturated carbocycles. The summed E-state index contributed by atoms with van der Waals surface area (Å²) in [7, 11) is 0. The number of ketones is 1. The van der Waals surface area contributed by atoms with Crippen LogP contribution in [0.5, 0.6) is 23.0 Å². The Bertz CT molecular complexity index is 1280. The Morgan fingerprint density at radius 3 is 2.22 bits per heavy atom. The SMILES string of the molecule is O=C1[C@@H](O)[C@H](c2c(O)cc(O)c3c(=O)cc(-c4ccc(O)c(O)c4)oc23)O[C@H](CO)[C@H]1O. The van der Waals surface area contributed by atoms with Crippen LogP contribution in [0.2, 0.25) is 0 Å². The number of carbonyl (C=O) groups is 1. The van der Waals surface area contributed by atoms with Crippen molar-refractivity contribution in [2.45, 2.75) is 24.4 Å². The zero-order valence-corrected chi connectivity index (χ0v) is 16.2. The van der Waals surface area contributed by atoms with Crippen LogP contribution in [0, 0.1) is 0 Å². The van der Waals surface area contributed by atoms with Crippen molar-refractivity contribution in [3.05, 3.63) is 46.1 Å². The molecule has 1 saturated heterocycles. The predicted molar refractivity (Wildman–Crippen MR) is 106 cm³/mol. The largest absolute Gasteiger partial charge is 0.507 e. The second-order valence-corrected chi connectivity index (χ2v) is 7.28. The van der Waals surface area contributed by atoms with Gasteiger partial charge in [-0.25, -0.2) is 0 Å². The van der Waals surface area contributed by atoms with Gasteiger partial charge in [-0.2, -0.15) is 0 Å². The number of aliphatic hydroxyl groups excluding tert-OH is 3. The zero-order chi connectivity index (χ0) is 23.3. The highest BCUT2D eigenvalue weighted by Gasteiger charge is 2.45. The lowest BCUT2D eigenvalue weighted by Gasteiger charge is -2.35. The van der Waals surface area contributed by atoms with E-state index in [4.69, 9.17) is 9.15 Å². The second-order valence-electron chi connectivity index (χ2n) is 7.28. The quantitative estimate of drug-likeness (QED) is 0.267. The Morgan fingerprint density at radius 1 is 0.844 bits per heavy atom. The van der Waals surface area contributed by atoms with Crippen molar-refractivity contribution in [2.75, 3.05) is 6.61 Å². The van der Waals surface area contributed by atoms with E-state index in [1.54, 1.807) is 0 Å². The number of aliphatic hydroxyl groups is 3. The van der Waals surface area contributed by atoms with Crippen molar-refractivity contribution >= 4 is 16.8 Å². The minimum Gasteiger partial charge on any atom is -0.507 e. The van der Waals surface area contributed by atoms with Gasteiger partial charge in [-0.3, -0.25) is 9.59 Å². The maximum absolute atomic E-state index is 12.7. The van der Waals surface area contributed by atoms with Gasteiger partial charge in [0.1, 0.15) is 47.1 Å². The van der Waals surface area contributed by atoms with E-state index in [1.165, 1.54) is 6.07 Å². The number of rotatable bonds is 3. The lowest BCUT2D eigenvalue weighted by molar-refractivity contribution is -0.189. The molecule has 168 valence electrons. The third-order valence-corrected chi connectivity index (χ3v) is 5.27. The van der Waals surface area contributed by atoms with Gasteiger partial charge in [-0.1, -0.05) is 0 Å². The van der Waals surface area contributed by atoms with Crippen LogP contribution in [0.1, 0.15) is 11.7 Å². The highest BCUT2D eigenvalue weighted by Crippen LogP contribution is 2.43. The van der Waals surface area contributed by atoms with Crippen molar-refractivity contribution in [3.63, 3.8) is 0 Å².